The Morgan fingerprint density at radius 1 is 1.50 bits per heavy atom. The van der Waals surface area contributed by atoms with Gasteiger partial charge in [0.2, 0.25) is 0 Å². The van der Waals surface area contributed by atoms with Gasteiger partial charge >= 0.3 is 0 Å². The van der Waals surface area contributed by atoms with Crippen LogP contribution in [0.15, 0.2) is 22.8 Å². The first-order chi connectivity index (χ1) is 6.78. The summed E-state index contributed by atoms with van der Waals surface area (Å²) in [6.45, 7) is 0. The molecule has 1 aromatic heterocycles. The van der Waals surface area contributed by atoms with Crippen molar-refractivity contribution in [2.24, 2.45) is 0 Å². The van der Waals surface area contributed by atoms with E-state index in [1.54, 1.807) is 25.5 Å². The van der Waals surface area contributed by atoms with Crippen molar-refractivity contribution >= 4 is 0 Å². The predicted octanol–water partition coefficient (Wildman–Crippen LogP) is 2.27. The Hall–Kier alpha value is -0.800. The van der Waals surface area contributed by atoms with Crippen molar-refractivity contribution in [2.75, 3.05) is 7.11 Å². The molecule has 1 unspecified atom stereocenters. The van der Waals surface area contributed by atoms with Crippen LogP contribution in [0.5, 0.6) is 0 Å². The molecule has 14 heavy (non-hydrogen) atoms. The Morgan fingerprint density at radius 2 is 2.21 bits per heavy atom. The van der Waals surface area contributed by atoms with Crippen LogP contribution in [0.2, 0.25) is 0 Å². The van der Waals surface area contributed by atoms with Crippen molar-refractivity contribution in [3.63, 3.8) is 0 Å². The fraction of sp³-hybridized carbons (Fsp3) is 0.636. The van der Waals surface area contributed by atoms with Crippen molar-refractivity contribution < 1.29 is 14.3 Å². The smallest absolute Gasteiger partial charge is 0.140 e. The van der Waals surface area contributed by atoms with Gasteiger partial charge in [-0.05, 0) is 25.0 Å². The van der Waals surface area contributed by atoms with E-state index in [0.29, 0.717) is 5.76 Å². The molecule has 0 aliphatic heterocycles. The SMILES string of the molecule is COC1(C(O)c2ccco2)CCCC1. The summed E-state index contributed by atoms with van der Waals surface area (Å²) in [5.74, 6) is 0.605. The second-order valence-corrected chi connectivity index (χ2v) is 3.89. The van der Waals surface area contributed by atoms with E-state index in [2.05, 4.69) is 0 Å². The van der Waals surface area contributed by atoms with Crippen molar-refractivity contribution in [1.29, 1.82) is 0 Å². The summed E-state index contributed by atoms with van der Waals surface area (Å²) in [5, 5.41) is 10.1. The van der Waals surface area contributed by atoms with Crippen LogP contribution in [0.25, 0.3) is 0 Å². The topological polar surface area (TPSA) is 42.6 Å². The van der Waals surface area contributed by atoms with Gasteiger partial charge in [-0.15, -0.1) is 0 Å². The summed E-state index contributed by atoms with van der Waals surface area (Å²) in [4.78, 5) is 0. The van der Waals surface area contributed by atoms with Crippen LogP contribution in [0, 0.1) is 0 Å². The van der Waals surface area contributed by atoms with E-state index in [0.717, 1.165) is 25.7 Å². The van der Waals surface area contributed by atoms with Gasteiger partial charge in [-0.3, -0.25) is 0 Å². The van der Waals surface area contributed by atoms with Crippen molar-refractivity contribution in [3.8, 4) is 0 Å². The van der Waals surface area contributed by atoms with Gasteiger partial charge in [0, 0.05) is 7.11 Å². The van der Waals surface area contributed by atoms with Crippen molar-refractivity contribution in [3.05, 3.63) is 24.2 Å². The highest BCUT2D eigenvalue weighted by Gasteiger charge is 2.42. The van der Waals surface area contributed by atoms with Gasteiger partial charge in [-0.25, -0.2) is 0 Å². The molecule has 0 spiro atoms. The molecule has 1 atom stereocenters. The first-order valence-electron chi connectivity index (χ1n) is 5.05. The largest absolute Gasteiger partial charge is 0.466 e. The zero-order chi connectivity index (χ0) is 10.0. The molecule has 1 saturated carbocycles. The Kier molecular flexibility index (Phi) is 2.61. The Morgan fingerprint density at radius 3 is 2.71 bits per heavy atom. The number of hydrogen-bond donors (Lipinski definition) is 1. The number of aliphatic hydroxyl groups is 1. The minimum Gasteiger partial charge on any atom is -0.466 e. The standard InChI is InChI=1S/C11H16O3/c1-13-11(6-2-3-7-11)10(12)9-5-4-8-14-9/h4-5,8,10,12H,2-3,6-7H2,1H3. The molecular weight excluding hydrogens is 180 g/mol. The first kappa shape index (κ1) is 9.74. The van der Waals surface area contributed by atoms with Gasteiger partial charge in [-0.1, -0.05) is 12.8 Å². The zero-order valence-corrected chi connectivity index (χ0v) is 8.40. The molecule has 2 rings (SSSR count). The third kappa shape index (κ3) is 1.47. The highest BCUT2D eigenvalue weighted by Crippen LogP contribution is 2.42. The van der Waals surface area contributed by atoms with Gasteiger partial charge in [-0.2, -0.15) is 0 Å². The van der Waals surface area contributed by atoms with Gasteiger partial charge in [0.25, 0.3) is 0 Å². The maximum absolute atomic E-state index is 10.1. The van der Waals surface area contributed by atoms with Crippen LogP contribution in [0.3, 0.4) is 0 Å². The molecule has 3 heteroatoms. The lowest BCUT2D eigenvalue weighted by Crippen LogP contribution is -2.35. The average molecular weight is 196 g/mol. The number of ether oxygens (including phenoxy) is 1. The van der Waals surface area contributed by atoms with Gasteiger partial charge in [0.1, 0.15) is 17.5 Å². The number of aliphatic hydroxyl groups excluding tert-OH is 1. The third-order valence-electron chi connectivity index (χ3n) is 3.17. The van der Waals surface area contributed by atoms with E-state index in [-0.39, 0.29) is 0 Å². The fourth-order valence-electron chi connectivity index (χ4n) is 2.27. The Labute approximate surface area is 83.7 Å². The lowest BCUT2D eigenvalue weighted by molar-refractivity contribution is -0.107. The van der Waals surface area contributed by atoms with Crippen molar-refractivity contribution in [2.45, 2.75) is 37.4 Å². The first-order valence-corrected chi connectivity index (χ1v) is 5.05. The van der Waals surface area contributed by atoms with Gasteiger partial charge < -0.3 is 14.3 Å². The normalized spacial score (nSPS) is 22.4. The summed E-state index contributed by atoms with van der Waals surface area (Å²) < 4.78 is 10.7. The average Bonchev–Trinajstić information content (AvgIpc) is 2.89. The quantitative estimate of drug-likeness (QED) is 0.806. The van der Waals surface area contributed by atoms with E-state index in [4.69, 9.17) is 9.15 Å². The number of hydrogen-bond acceptors (Lipinski definition) is 3. The molecule has 1 aromatic rings. The summed E-state index contributed by atoms with van der Waals surface area (Å²) in [7, 11) is 1.66. The van der Waals surface area contributed by atoms with Crippen LogP contribution >= 0.6 is 0 Å². The van der Waals surface area contributed by atoms with E-state index in [1.165, 1.54) is 0 Å². The van der Waals surface area contributed by atoms with Crippen LogP contribution < -0.4 is 0 Å². The van der Waals surface area contributed by atoms with Crippen LogP contribution in [-0.4, -0.2) is 17.8 Å². The van der Waals surface area contributed by atoms with Crippen molar-refractivity contribution in [1.82, 2.24) is 0 Å². The molecule has 0 amide bonds. The molecule has 0 aromatic carbocycles. The van der Waals surface area contributed by atoms with E-state index in [9.17, 15) is 5.11 Å². The predicted molar refractivity (Wildman–Crippen MR) is 51.9 cm³/mol. The Balaban J connectivity index is 2.19. The molecule has 0 radical (unpaired) electrons. The summed E-state index contributed by atoms with van der Waals surface area (Å²) in [5.41, 5.74) is -0.419. The molecule has 1 aliphatic carbocycles. The number of furan rings is 1. The molecule has 78 valence electrons. The van der Waals surface area contributed by atoms with Crippen LogP contribution in [0.4, 0.5) is 0 Å². The maximum atomic E-state index is 10.1. The second-order valence-electron chi connectivity index (χ2n) is 3.89. The molecule has 3 nitrogen and oxygen atoms in total. The fourth-order valence-corrected chi connectivity index (χ4v) is 2.27. The van der Waals surface area contributed by atoms with E-state index >= 15 is 0 Å². The molecule has 1 fully saturated rings. The zero-order valence-electron chi connectivity index (χ0n) is 8.40. The van der Waals surface area contributed by atoms with E-state index < -0.39 is 11.7 Å². The number of rotatable bonds is 3. The molecular formula is C11H16O3. The van der Waals surface area contributed by atoms with Gasteiger partial charge in [0.15, 0.2) is 0 Å². The summed E-state index contributed by atoms with van der Waals surface area (Å²) in [6.07, 6.45) is 5.00. The lowest BCUT2D eigenvalue weighted by atomic mass is 9.93. The molecule has 0 saturated heterocycles. The molecule has 1 heterocycles. The van der Waals surface area contributed by atoms with Gasteiger partial charge in [0.05, 0.1) is 6.26 Å². The van der Waals surface area contributed by atoms with Crippen LogP contribution in [-0.2, 0) is 4.74 Å². The third-order valence-corrected chi connectivity index (χ3v) is 3.17. The molecule has 1 N–H and O–H groups in total. The number of methoxy groups -OCH3 is 1. The maximum Gasteiger partial charge on any atom is 0.140 e. The monoisotopic (exact) mass is 196 g/mol. The minimum atomic E-state index is -0.634. The van der Waals surface area contributed by atoms with E-state index in [1.807, 2.05) is 0 Å². The second kappa shape index (κ2) is 3.75. The summed E-state index contributed by atoms with van der Waals surface area (Å²) >= 11 is 0. The molecule has 0 bridgehead atoms. The lowest BCUT2D eigenvalue weighted by Gasteiger charge is -2.31. The highest BCUT2D eigenvalue weighted by molar-refractivity contribution is 5.09. The molecule has 1 aliphatic rings. The van der Waals surface area contributed by atoms with Crippen LogP contribution in [0.1, 0.15) is 37.5 Å². The highest BCUT2D eigenvalue weighted by atomic mass is 16.5. The Bertz CT molecular complexity index is 273. The summed E-state index contributed by atoms with van der Waals surface area (Å²) in [6, 6.07) is 3.58. The minimum absolute atomic E-state index is 0.419.